The van der Waals surface area contributed by atoms with Crippen molar-refractivity contribution < 1.29 is 19.0 Å². The van der Waals surface area contributed by atoms with Crippen LogP contribution in [-0.4, -0.2) is 30.1 Å². The molecule has 150 valence electrons. The molecule has 1 aromatic carbocycles. The van der Waals surface area contributed by atoms with E-state index in [1.54, 1.807) is 6.08 Å². The molecule has 0 bridgehead atoms. The number of ether oxygens (including phenoxy) is 3. The Kier molecular flexibility index (Phi) is 8.42. The molecule has 0 unspecified atom stereocenters. The van der Waals surface area contributed by atoms with Crippen molar-refractivity contribution in [3.63, 3.8) is 0 Å². The van der Waals surface area contributed by atoms with Gasteiger partial charge in [0, 0.05) is 18.9 Å². The average Bonchev–Trinajstić information content (AvgIpc) is 2.66. The first-order chi connectivity index (χ1) is 13.4. The second-order valence-corrected chi connectivity index (χ2v) is 7.17. The number of rotatable bonds is 9. The molecule has 28 heavy (non-hydrogen) atoms. The van der Waals surface area contributed by atoms with Gasteiger partial charge in [-0.25, -0.2) is 4.79 Å². The monoisotopic (exact) mass is 382 g/mol. The molecule has 1 aliphatic rings. The molecule has 1 fully saturated rings. The van der Waals surface area contributed by atoms with Crippen LogP contribution in [0.25, 0.3) is 6.08 Å². The van der Waals surface area contributed by atoms with Crippen molar-refractivity contribution in [2.75, 3.05) is 0 Å². The zero-order valence-electron chi connectivity index (χ0n) is 16.8. The molecule has 0 saturated carbocycles. The SMILES string of the molecule is C=CC[C@H](/C=C/C[C@H]1C[C@H](/C=C/c2ccccc2)OC(C)(C)O1)OC(=O)C=C. The number of esters is 1. The van der Waals surface area contributed by atoms with Crippen molar-refractivity contribution in [1.29, 1.82) is 0 Å². The van der Waals surface area contributed by atoms with E-state index in [9.17, 15) is 4.79 Å². The topological polar surface area (TPSA) is 44.8 Å². The summed E-state index contributed by atoms with van der Waals surface area (Å²) in [5.41, 5.74) is 1.14. The summed E-state index contributed by atoms with van der Waals surface area (Å²) < 4.78 is 17.4. The maximum atomic E-state index is 11.4. The summed E-state index contributed by atoms with van der Waals surface area (Å²) >= 11 is 0. The largest absolute Gasteiger partial charge is 0.455 e. The molecular weight excluding hydrogens is 352 g/mol. The predicted molar refractivity (Wildman–Crippen MR) is 113 cm³/mol. The zero-order chi connectivity index (χ0) is 20.4. The quantitative estimate of drug-likeness (QED) is 0.333. The molecule has 1 aliphatic heterocycles. The molecule has 0 spiro atoms. The lowest BCUT2D eigenvalue weighted by Gasteiger charge is -2.39. The van der Waals surface area contributed by atoms with E-state index in [0.29, 0.717) is 12.8 Å². The molecule has 1 saturated heterocycles. The Morgan fingerprint density at radius 1 is 1.29 bits per heavy atom. The predicted octanol–water partition coefficient (Wildman–Crippen LogP) is 5.23. The first kappa shape index (κ1) is 21.9. The van der Waals surface area contributed by atoms with Crippen molar-refractivity contribution in [3.8, 4) is 0 Å². The van der Waals surface area contributed by atoms with Gasteiger partial charge in [0.2, 0.25) is 0 Å². The van der Waals surface area contributed by atoms with Gasteiger partial charge in [-0.1, -0.05) is 61.2 Å². The van der Waals surface area contributed by atoms with Crippen molar-refractivity contribution in [3.05, 3.63) is 79.4 Å². The maximum Gasteiger partial charge on any atom is 0.330 e. The highest BCUT2D eigenvalue weighted by Gasteiger charge is 2.33. The highest BCUT2D eigenvalue weighted by molar-refractivity contribution is 5.81. The first-order valence-corrected chi connectivity index (χ1v) is 9.61. The minimum absolute atomic E-state index is 0.0184. The van der Waals surface area contributed by atoms with Gasteiger partial charge >= 0.3 is 5.97 Å². The molecule has 0 aromatic heterocycles. The summed E-state index contributed by atoms with van der Waals surface area (Å²) in [5.74, 6) is -1.09. The Hall–Kier alpha value is -2.43. The van der Waals surface area contributed by atoms with Crippen LogP contribution in [0.5, 0.6) is 0 Å². The Morgan fingerprint density at radius 3 is 2.71 bits per heavy atom. The van der Waals surface area contributed by atoms with Gasteiger partial charge in [-0.05, 0) is 31.9 Å². The lowest BCUT2D eigenvalue weighted by Crippen LogP contribution is -2.43. The third-order valence-electron chi connectivity index (χ3n) is 4.27. The van der Waals surface area contributed by atoms with Crippen LogP contribution in [-0.2, 0) is 19.0 Å². The molecular formula is C24H30O4. The Morgan fingerprint density at radius 2 is 2.04 bits per heavy atom. The molecule has 0 amide bonds. The number of hydrogen-bond acceptors (Lipinski definition) is 4. The van der Waals surface area contributed by atoms with Crippen LogP contribution in [0.3, 0.4) is 0 Å². The van der Waals surface area contributed by atoms with Gasteiger partial charge in [-0.15, -0.1) is 6.58 Å². The van der Waals surface area contributed by atoms with E-state index in [-0.39, 0.29) is 18.3 Å². The molecule has 4 heteroatoms. The molecule has 4 nitrogen and oxygen atoms in total. The lowest BCUT2D eigenvalue weighted by molar-refractivity contribution is -0.289. The van der Waals surface area contributed by atoms with Crippen LogP contribution < -0.4 is 0 Å². The van der Waals surface area contributed by atoms with E-state index in [2.05, 4.69) is 37.4 Å². The third-order valence-corrected chi connectivity index (χ3v) is 4.27. The van der Waals surface area contributed by atoms with Crippen molar-refractivity contribution in [1.82, 2.24) is 0 Å². The standard InChI is InChI=1S/C24H30O4/c1-5-11-20(26-23(25)6-2)14-10-15-21-18-22(28-24(3,4)27-21)17-16-19-12-8-7-9-13-19/h5-10,12-14,16-17,20-22H,1-2,11,15,18H2,3-4H3/b14-10+,17-16+/t20-,21+,22+/m1/s1. The van der Waals surface area contributed by atoms with Crippen molar-refractivity contribution >= 4 is 12.0 Å². The lowest BCUT2D eigenvalue weighted by atomic mass is 10.0. The summed E-state index contributed by atoms with van der Waals surface area (Å²) in [6, 6.07) is 10.2. The smallest absolute Gasteiger partial charge is 0.330 e. The van der Waals surface area contributed by atoms with E-state index in [4.69, 9.17) is 14.2 Å². The van der Waals surface area contributed by atoms with Gasteiger partial charge in [0.15, 0.2) is 5.79 Å². The van der Waals surface area contributed by atoms with Gasteiger partial charge in [0.25, 0.3) is 0 Å². The van der Waals surface area contributed by atoms with E-state index >= 15 is 0 Å². The molecule has 0 radical (unpaired) electrons. The summed E-state index contributed by atoms with van der Waals surface area (Å²) in [5, 5.41) is 0. The highest BCUT2D eigenvalue weighted by Crippen LogP contribution is 2.29. The average molecular weight is 383 g/mol. The van der Waals surface area contributed by atoms with Crippen LogP contribution in [0, 0.1) is 0 Å². The number of benzene rings is 1. The minimum Gasteiger partial charge on any atom is -0.455 e. The summed E-state index contributed by atoms with van der Waals surface area (Å²) in [4.78, 5) is 11.4. The molecule has 2 rings (SSSR count). The van der Waals surface area contributed by atoms with Crippen LogP contribution in [0.4, 0.5) is 0 Å². The van der Waals surface area contributed by atoms with E-state index in [1.807, 2.05) is 44.2 Å². The molecule has 0 N–H and O–H groups in total. The van der Waals surface area contributed by atoms with Crippen molar-refractivity contribution in [2.45, 2.75) is 57.2 Å². The van der Waals surface area contributed by atoms with Crippen molar-refractivity contribution in [2.24, 2.45) is 0 Å². The minimum atomic E-state index is -0.654. The molecule has 3 atom stereocenters. The van der Waals surface area contributed by atoms with E-state index < -0.39 is 11.8 Å². The van der Waals surface area contributed by atoms with E-state index in [0.717, 1.165) is 18.1 Å². The Labute approximate surface area is 168 Å². The van der Waals surface area contributed by atoms with E-state index in [1.165, 1.54) is 0 Å². The van der Waals surface area contributed by atoms with Gasteiger partial charge in [-0.3, -0.25) is 0 Å². The Balaban J connectivity index is 1.96. The number of hydrogen-bond donors (Lipinski definition) is 0. The van der Waals surface area contributed by atoms with Crippen LogP contribution >= 0.6 is 0 Å². The molecule has 1 heterocycles. The van der Waals surface area contributed by atoms with Gasteiger partial charge in [0.05, 0.1) is 12.2 Å². The maximum absolute atomic E-state index is 11.4. The normalized spacial score (nSPS) is 22.8. The fourth-order valence-corrected chi connectivity index (χ4v) is 3.10. The number of carbonyl (C=O) groups excluding carboxylic acids is 1. The highest BCUT2D eigenvalue weighted by atomic mass is 16.7. The van der Waals surface area contributed by atoms with Gasteiger partial charge in [0.1, 0.15) is 6.10 Å². The zero-order valence-corrected chi connectivity index (χ0v) is 16.8. The second-order valence-electron chi connectivity index (χ2n) is 7.17. The molecule has 0 aliphatic carbocycles. The first-order valence-electron chi connectivity index (χ1n) is 9.61. The van der Waals surface area contributed by atoms with Crippen LogP contribution in [0.2, 0.25) is 0 Å². The van der Waals surface area contributed by atoms with Gasteiger partial charge < -0.3 is 14.2 Å². The van der Waals surface area contributed by atoms with Crippen LogP contribution in [0.1, 0.15) is 38.7 Å². The fraction of sp³-hybridized carbons (Fsp3) is 0.375. The van der Waals surface area contributed by atoms with Gasteiger partial charge in [-0.2, -0.15) is 0 Å². The Bertz CT molecular complexity index is 703. The van der Waals surface area contributed by atoms with Crippen LogP contribution in [0.15, 0.2) is 73.9 Å². The second kappa shape index (κ2) is 10.8. The summed E-state index contributed by atoms with van der Waals surface area (Å²) in [6.07, 6.45) is 12.6. The fourth-order valence-electron chi connectivity index (χ4n) is 3.10. The summed E-state index contributed by atoms with van der Waals surface area (Å²) in [6.45, 7) is 11.0. The third kappa shape index (κ3) is 7.67. The number of carbonyl (C=O) groups is 1. The molecule has 1 aromatic rings. The summed E-state index contributed by atoms with van der Waals surface area (Å²) in [7, 11) is 0.